The van der Waals surface area contributed by atoms with Crippen LogP contribution in [0.1, 0.15) is 15.9 Å². The number of hydrogen-bond acceptors (Lipinski definition) is 4. The number of hydrogen-bond donors (Lipinski definition) is 0. The molecular weight excluding hydrogens is 398 g/mol. The number of benzene rings is 3. The second-order valence-electron chi connectivity index (χ2n) is 5.70. The lowest BCUT2D eigenvalue weighted by Gasteiger charge is -2.07. The second-order valence-corrected chi connectivity index (χ2v) is 6.56. The zero-order chi connectivity index (χ0) is 18.7. The van der Waals surface area contributed by atoms with Gasteiger partial charge >= 0.3 is 5.97 Å². The summed E-state index contributed by atoms with van der Waals surface area (Å²) in [5, 5.41) is 11.0. The number of nitro groups is 1. The fraction of sp³-hybridized carbons (Fsp3) is 0.0500. The van der Waals surface area contributed by atoms with Crippen LogP contribution in [0.3, 0.4) is 0 Å². The third-order valence-electron chi connectivity index (χ3n) is 3.83. The van der Waals surface area contributed by atoms with Gasteiger partial charge < -0.3 is 4.74 Å². The van der Waals surface area contributed by atoms with E-state index < -0.39 is 10.9 Å². The van der Waals surface area contributed by atoms with Crippen LogP contribution >= 0.6 is 15.9 Å². The van der Waals surface area contributed by atoms with Crippen molar-refractivity contribution in [3.63, 3.8) is 0 Å². The summed E-state index contributed by atoms with van der Waals surface area (Å²) in [6.07, 6.45) is 0. The summed E-state index contributed by atoms with van der Waals surface area (Å²) in [6, 6.07) is 19.3. The summed E-state index contributed by atoms with van der Waals surface area (Å²) in [7, 11) is 0. The van der Waals surface area contributed by atoms with E-state index in [2.05, 4.69) is 15.9 Å². The number of esters is 1. The van der Waals surface area contributed by atoms with Crippen LogP contribution in [0.15, 0.2) is 71.2 Å². The first-order valence-electron chi connectivity index (χ1n) is 7.77. The molecule has 0 aliphatic carbocycles. The molecule has 0 saturated heterocycles. The van der Waals surface area contributed by atoms with Crippen molar-refractivity contribution in [2.24, 2.45) is 0 Å². The predicted molar refractivity (Wildman–Crippen MR) is 102 cm³/mol. The van der Waals surface area contributed by atoms with E-state index in [0.29, 0.717) is 10.2 Å². The lowest BCUT2D eigenvalue weighted by molar-refractivity contribution is -0.385. The van der Waals surface area contributed by atoms with Gasteiger partial charge in [0.05, 0.1) is 15.0 Å². The van der Waals surface area contributed by atoms with Crippen molar-refractivity contribution in [3.05, 3.63) is 92.4 Å². The summed E-state index contributed by atoms with van der Waals surface area (Å²) < 4.78 is 5.62. The van der Waals surface area contributed by atoms with E-state index in [0.717, 1.165) is 11.1 Å². The molecule has 5 nitrogen and oxygen atoms in total. The highest BCUT2D eigenvalue weighted by Crippen LogP contribution is 2.27. The molecule has 0 N–H and O–H groups in total. The second kappa shape index (κ2) is 7.49. The number of rotatable bonds is 4. The lowest BCUT2D eigenvalue weighted by atomic mass is 10.0. The largest absolute Gasteiger partial charge is 0.423 e. The van der Waals surface area contributed by atoms with Gasteiger partial charge in [-0.1, -0.05) is 42.0 Å². The molecule has 0 unspecified atom stereocenters. The van der Waals surface area contributed by atoms with Crippen LogP contribution in [0.2, 0.25) is 0 Å². The molecule has 0 aliphatic heterocycles. The van der Waals surface area contributed by atoms with Crippen LogP contribution < -0.4 is 4.74 Å². The Labute approximate surface area is 158 Å². The van der Waals surface area contributed by atoms with Gasteiger partial charge in [-0.05, 0) is 58.2 Å². The van der Waals surface area contributed by atoms with Crippen molar-refractivity contribution in [2.75, 3.05) is 0 Å². The topological polar surface area (TPSA) is 69.4 Å². The van der Waals surface area contributed by atoms with Gasteiger partial charge in [-0.25, -0.2) is 4.79 Å². The summed E-state index contributed by atoms with van der Waals surface area (Å²) in [5.74, 6) is -0.278. The predicted octanol–water partition coefficient (Wildman–Crippen LogP) is 5.55. The zero-order valence-corrected chi connectivity index (χ0v) is 15.4. The maximum Gasteiger partial charge on any atom is 0.343 e. The van der Waals surface area contributed by atoms with E-state index in [1.807, 2.05) is 43.3 Å². The monoisotopic (exact) mass is 411 g/mol. The minimum Gasteiger partial charge on any atom is -0.423 e. The van der Waals surface area contributed by atoms with Crippen LogP contribution in [0.4, 0.5) is 5.69 Å². The van der Waals surface area contributed by atoms with Gasteiger partial charge in [0.1, 0.15) is 5.75 Å². The maximum atomic E-state index is 12.2. The molecule has 3 aromatic rings. The summed E-state index contributed by atoms with van der Waals surface area (Å²) in [6.45, 7) is 2.03. The normalized spacial score (nSPS) is 10.4. The molecule has 0 aliphatic rings. The molecule has 0 atom stereocenters. The molecular formula is C20H14BrNO4. The van der Waals surface area contributed by atoms with Crippen molar-refractivity contribution in [1.82, 2.24) is 0 Å². The van der Waals surface area contributed by atoms with Crippen molar-refractivity contribution in [2.45, 2.75) is 6.92 Å². The van der Waals surface area contributed by atoms with Crippen LogP contribution in [0.25, 0.3) is 11.1 Å². The number of carbonyl (C=O) groups excluding carboxylic acids is 1. The zero-order valence-electron chi connectivity index (χ0n) is 13.8. The molecule has 3 aromatic carbocycles. The quantitative estimate of drug-likeness (QED) is 0.244. The van der Waals surface area contributed by atoms with Crippen LogP contribution in [0.5, 0.6) is 5.75 Å². The highest BCUT2D eigenvalue weighted by molar-refractivity contribution is 9.10. The van der Waals surface area contributed by atoms with E-state index in [9.17, 15) is 14.9 Å². The van der Waals surface area contributed by atoms with Crippen molar-refractivity contribution in [3.8, 4) is 16.9 Å². The fourth-order valence-corrected chi connectivity index (χ4v) is 2.80. The number of nitro benzene ring substituents is 1. The number of ether oxygens (including phenoxy) is 1. The highest BCUT2D eigenvalue weighted by Gasteiger charge is 2.17. The van der Waals surface area contributed by atoms with E-state index in [1.54, 1.807) is 12.1 Å². The highest BCUT2D eigenvalue weighted by atomic mass is 79.9. The number of carbonyl (C=O) groups is 1. The fourth-order valence-electron chi connectivity index (χ4n) is 2.41. The molecule has 26 heavy (non-hydrogen) atoms. The van der Waals surface area contributed by atoms with Crippen LogP contribution in [-0.2, 0) is 0 Å². The molecule has 0 amide bonds. The minimum absolute atomic E-state index is 0.113. The first-order chi connectivity index (χ1) is 12.4. The Balaban J connectivity index is 1.77. The molecule has 0 bridgehead atoms. The molecule has 0 aromatic heterocycles. The summed E-state index contributed by atoms with van der Waals surface area (Å²) in [4.78, 5) is 22.6. The Kier molecular flexibility index (Phi) is 5.14. The average molecular weight is 412 g/mol. The molecule has 3 rings (SSSR count). The SMILES string of the molecule is Cc1ccc(-c2ccc(OC(=O)c3ccc(Br)c([N+](=O)[O-])c3)cc2)cc1. The summed E-state index contributed by atoms with van der Waals surface area (Å²) >= 11 is 3.09. The molecule has 0 saturated carbocycles. The van der Waals surface area contributed by atoms with Gasteiger partial charge in [-0.3, -0.25) is 10.1 Å². The van der Waals surface area contributed by atoms with Gasteiger partial charge in [0.25, 0.3) is 5.69 Å². The number of halogens is 1. The first kappa shape index (κ1) is 17.8. The van der Waals surface area contributed by atoms with Gasteiger partial charge in [0, 0.05) is 6.07 Å². The molecule has 0 spiro atoms. The Morgan fingerprint density at radius 2 is 1.54 bits per heavy atom. The Bertz CT molecular complexity index is 966. The molecule has 130 valence electrons. The third-order valence-corrected chi connectivity index (χ3v) is 4.50. The molecule has 6 heteroatoms. The maximum absolute atomic E-state index is 12.2. The van der Waals surface area contributed by atoms with Crippen LogP contribution in [0, 0.1) is 17.0 Å². The van der Waals surface area contributed by atoms with Gasteiger partial charge in [-0.2, -0.15) is 0 Å². The van der Waals surface area contributed by atoms with Crippen molar-refractivity contribution >= 4 is 27.6 Å². The van der Waals surface area contributed by atoms with E-state index in [4.69, 9.17) is 4.74 Å². The Morgan fingerprint density at radius 1 is 0.962 bits per heavy atom. The Morgan fingerprint density at radius 3 is 2.12 bits per heavy atom. The van der Waals surface area contributed by atoms with Gasteiger partial charge in [-0.15, -0.1) is 0 Å². The lowest BCUT2D eigenvalue weighted by Crippen LogP contribution is -2.09. The van der Waals surface area contributed by atoms with E-state index in [1.165, 1.54) is 23.8 Å². The summed E-state index contributed by atoms with van der Waals surface area (Å²) in [5.41, 5.74) is 3.18. The van der Waals surface area contributed by atoms with E-state index in [-0.39, 0.29) is 11.3 Å². The van der Waals surface area contributed by atoms with Crippen LogP contribution in [-0.4, -0.2) is 10.9 Å². The first-order valence-corrected chi connectivity index (χ1v) is 8.56. The number of nitrogens with zero attached hydrogens (tertiary/aromatic N) is 1. The average Bonchev–Trinajstić information content (AvgIpc) is 2.63. The standard InChI is InChI=1S/C20H14BrNO4/c1-13-2-4-14(5-3-13)15-6-9-17(10-7-15)26-20(23)16-8-11-18(21)19(12-16)22(24)25/h2-12H,1H3. The smallest absolute Gasteiger partial charge is 0.343 e. The van der Waals surface area contributed by atoms with Gasteiger partial charge in [0.15, 0.2) is 0 Å². The van der Waals surface area contributed by atoms with E-state index >= 15 is 0 Å². The number of aryl methyl sites for hydroxylation is 1. The minimum atomic E-state index is -0.649. The Hall–Kier alpha value is -2.99. The van der Waals surface area contributed by atoms with Crippen molar-refractivity contribution in [1.29, 1.82) is 0 Å². The third kappa shape index (κ3) is 3.97. The van der Waals surface area contributed by atoms with Crippen molar-refractivity contribution < 1.29 is 14.5 Å². The van der Waals surface area contributed by atoms with Gasteiger partial charge in [0.2, 0.25) is 0 Å². The molecule has 0 heterocycles. The molecule has 0 radical (unpaired) electrons. The molecule has 0 fully saturated rings.